The summed E-state index contributed by atoms with van der Waals surface area (Å²) >= 11 is 0. The molecule has 81 heavy (non-hydrogen) atoms. The number of carboxylic acid groups (broad SMARTS) is 1. The fourth-order valence-corrected chi connectivity index (χ4v) is 10.8. The van der Waals surface area contributed by atoms with Gasteiger partial charge < -0.3 is 39.0 Å². The highest BCUT2D eigenvalue weighted by Crippen LogP contribution is 2.27. The first-order valence-electron chi connectivity index (χ1n) is 34.3. The Balaban J connectivity index is 2.63. The van der Waals surface area contributed by atoms with Crippen molar-refractivity contribution in [2.45, 2.75) is 379 Å². The lowest BCUT2D eigenvalue weighted by Crippen LogP contribution is -2.61. The van der Waals surface area contributed by atoms with E-state index < -0.39 is 67.3 Å². The fourth-order valence-electron chi connectivity index (χ4n) is 10.8. The quantitative estimate of drug-likeness (QED) is 0.0228. The second-order valence-corrected chi connectivity index (χ2v) is 23.8. The minimum atomic E-state index is -1.90. The number of carbonyl (C=O) groups is 4. The molecule has 1 rings (SSSR count). The lowest BCUT2D eigenvalue weighted by Gasteiger charge is -2.40. The maximum Gasteiger partial charge on any atom is 0.335 e. The highest BCUT2D eigenvalue weighted by molar-refractivity contribution is 5.74. The first kappa shape index (κ1) is 76.2. The Morgan fingerprint density at radius 3 is 1.14 bits per heavy atom. The van der Waals surface area contributed by atoms with E-state index in [4.69, 9.17) is 23.7 Å². The van der Waals surface area contributed by atoms with Crippen LogP contribution in [0.2, 0.25) is 0 Å². The van der Waals surface area contributed by atoms with Crippen molar-refractivity contribution < 1.29 is 58.2 Å². The number of hydrogen-bond donors (Lipinski definition) is 3. The molecular formula is C69H126O12. The smallest absolute Gasteiger partial charge is 0.335 e. The van der Waals surface area contributed by atoms with Crippen LogP contribution in [0, 0.1) is 0 Å². The normalized spacial score (nSPS) is 17.8. The van der Waals surface area contributed by atoms with Gasteiger partial charge in [0, 0.05) is 19.3 Å². The summed E-state index contributed by atoms with van der Waals surface area (Å²) in [5, 5.41) is 31.6. The van der Waals surface area contributed by atoms with Crippen molar-refractivity contribution in [1.82, 2.24) is 0 Å². The van der Waals surface area contributed by atoms with Gasteiger partial charge in [0.25, 0.3) is 0 Å². The van der Waals surface area contributed by atoms with Crippen LogP contribution in [0.1, 0.15) is 342 Å². The van der Waals surface area contributed by atoms with E-state index in [2.05, 4.69) is 45.1 Å². The van der Waals surface area contributed by atoms with E-state index in [1.807, 2.05) is 0 Å². The predicted octanol–water partition coefficient (Wildman–Crippen LogP) is 18.6. The van der Waals surface area contributed by atoms with Gasteiger partial charge in [0.15, 0.2) is 24.6 Å². The largest absolute Gasteiger partial charge is 0.479 e. The molecule has 1 heterocycles. The summed E-state index contributed by atoms with van der Waals surface area (Å²) < 4.78 is 28.6. The molecule has 1 aliphatic rings. The molecule has 0 radical (unpaired) electrons. The van der Waals surface area contributed by atoms with E-state index in [0.29, 0.717) is 19.3 Å². The molecule has 12 nitrogen and oxygen atoms in total. The van der Waals surface area contributed by atoms with Crippen molar-refractivity contribution in [3.05, 3.63) is 24.3 Å². The summed E-state index contributed by atoms with van der Waals surface area (Å²) in [7, 11) is 0. The summed E-state index contributed by atoms with van der Waals surface area (Å²) in [5.74, 6) is -3.08. The summed E-state index contributed by atoms with van der Waals surface area (Å²) in [6.07, 6.45) is 55.6. The standard InChI is InChI=1S/C69H126O12/c1-4-7-10-13-16-19-22-25-28-31-34-37-40-43-46-49-52-55-61(70)77-58-60(79-62(71)56-53-50-47-44-41-38-35-32-29-26-23-20-17-14-11-8-5-2)59-78-69-67(65(74)64(73)66(81-69)68(75)76)80-63(72)57-54-51-48-45-42-39-36-33-30-27-24-21-18-15-12-9-6-3/h16,19,25,28,60,64-67,69,73-74H,4-15,17-18,20-24,26-27,29-59H2,1-3H3,(H,75,76)/b19-16-,28-25-. The lowest BCUT2D eigenvalue weighted by molar-refractivity contribution is -0.301. The third-order valence-corrected chi connectivity index (χ3v) is 16.0. The van der Waals surface area contributed by atoms with Crippen molar-refractivity contribution in [2.24, 2.45) is 0 Å². The Hall–Kier alpha value is -2.80. The van der Waals surface area contributed by atoms with Gasteiger partial charge in [-0.3, -0.25) is 14.4 Å². The average Bonchev–Trinajstić information content (AvgIpc) is 3.53. The van der Waals surface area contributed by atoms with E-state index in [1.54, 1.807) is 0 Å². The Bertz CT molecular complexity index is 1500. The maximum atomic E-state index is 13.2. The minimum absolute atomic E-state index is 0.0676. The lowest BCUT2D eigenvalue weighted by atomic mass is 9.98. The molecule has 6 unspecified atom stereocenters. The van der Waals surface area contributed by atoms with Gasteiger partial charge in [-0.15, -0.1) is 0 Å². The molecule has 1 fully saturated rings. The maximum absolute atomic E-state index is 13.2. The SMILES string of the molecule is CCCCC/C=C\C/C=C\CCCCCCCCCC(=O)OCC(COC1OC(C(=O)O)C(O)C(O)C1OC(=O)CCCCCCCCCCCCCCCCCCC)OC(=O)CCCCCCCCCCCCCCCCCCC. The highest BCUT2D eigenvalue weighted by Gasteiger charge is 2.50. The topological polar surface area (TPSA) is 175 Å². The predicted molar refractivity (Wildman–Crippen MR) is 331 cm³/mol. The zero-order chi connectivity index (χ0) is 58.9. The fraction of sp³-hybridized carbons (Fsp3) is 0.884. The Morgan fingerprint density at radius 1 is 0.407 bits per heavy atom. The third-order valence-electron chi connectivity index (χ3n) is 16.0. The molecule has 6 atom stereocenters. The number of unbranched alkanes of at least 4 members (excludes halogenated alkanes) is 42. The van der Waals surface area contributed by atoms with Crippen molar-refractivity contribution in [3.63, 3.8) is 0 Å². The van der Waals surface area contributed by atoms with Gasteiger partial charge in [0.2, 0.25) is 0 Å². The molecule has 0 aromatic carbocycles. The summed E-state index contributed by atoms with van der Waals surface area (Å²) in [6.45, 7) is 6.04. The average molecular weight is 1150 g/mol. The molecule has 0 saturated carbocycles. The molecule has 1 saturated heterocycles. The number of aliphatic hydroxyl groups is 2. The van der Waals surface area contributed by atoms with E-state index >= 15 is 0 Å². The van der Waals surface area contributed by atoms with Gasteiger partial charge in [0.05, 0.1) is 6.61 Å². The van der Waals surface area contributed by atoms with Crippen molar-refractivity contribution in [2.75, 3.05) is 13.2 Å². The molecule has 474 valence electrons. The van der Waals surface area contributed by atoms with Gasteiger partial charge >= 0.3 is 23.9 Å². The zero-order valence-electron chi connectivity index (χ0n) is 52.6. The van der Waals surface area contributed by atoms with E-state index in [0.717, 1.165) is 77.0 Å². The Morgan fingerprint density at radius 2 is 0.741 bits per heavy atom. The van der Waals surface area contributed by atoms with Crippen LogP contribution in [-0.4, -0.2) is 89.2 Å². The second kappa shape index (κ2) is 57.6. The number of esters is 3. The molecular weight excluding hydrogens is 1020 g/mol. The summed E-state index contributed by atoms with van der Waals surface area (Å²) in [5.41, 5.74) is 0. The van der Waals surface area contributed by atoms with Crippen molar-refractivity contribution >= 4 is 23.9 Å². The molecule has 0 bridgehead atoms. The van der Waals surface area contributed by atoms with Crippen LogP contribution in [0.15, 0.2) is 24.3 Å². The number of aliphatic carboxylic acids is 1. The number of carbonyl (C=O) groups excluding carboxylic acids is 3. The van der Waals surface area contributed by atoms with Crippen molar-refractivity contribution in [3.8, 4) is 0 Å². The Labute approximate surface area is 496 Å². The number of rotatable bonds is 60. The summed E-state index contributed by atoms with van der Waals surface area (Å²) in [6, 6.07) is 0. The number of ether oxygens (including phenoxy) is 5. The van der Waals surface area contributed by atoms with Crippen LogP contribution in [0.3, 0.4) is 0 Å². The van der Waals surface area contributed by atoms with Gasteiger partial charge in [-0.05, 0) is 51.4 Å². The van der Waals surface area contributed by atoms with E-state index in [1.165, 1.54) is 205 Å². The number of carboxylic acids is 1. The first-order chi connectivity index (χ1) is 39.6. The minimum Gasteiger partial charge on any atom is -0.479 e. The monoisotopic (exact) mass is 1150 g/mol. The van der Waals surface area contributed by atoms with Crippen molar-refractivity contribution in [1.29, 1.82) is 0 Å². The molecule has 0 aromatic rings. The zero-order valence-corrected chi connectivity index (χ0v) is 52.6. The van der Waals surface area contributed by atoms with Crippen LogP contribution in [0.4, 0.5) is 0 Å². The molecule has 1 aliphatic heterocycles. The molecule has 0 aliphatic carbocycles. The van der Waals surface area contributed by atoms with Crippen LogP contribution in [0.25, 0.3) is 0 Å². The second-order valence-electron chi connectivity index (χ2n) is 23.8. The van der Waals surface area contributed by atoms with Gasteiger partial charge in [-0.2, -0.15) is 0 Å². The summed E-state index contributed by atoms with van der Waals surface area (Å²) in [4.78, 5) is 51.4. The van der Waals surface area contributed by atoms with Gasteiger partial charge in [-0.1, -0.05) is 295 Å². The first-order valence-corrected chi connectivity index (χ1v) is 34.3. The molecule has 0 spiro atoms. The van der Waals surface area contributed by atoms with Crippen LogP contribution < -0.4 is 0 Å². The number of allylic oxidation sites excluding steroid dienone is 4. The molecule has 3 N–H and O–H groups in total. The van der Waals surface area contributed by atoms with Crippen LogP contribution in [0.5, 0.6) is 0 Å². The molecule has 0 amide bonds. The highest BCUT2D eigenvalue weighted by atomic mass is 16.7. The van der Waals surface area contributed by atoms with Gasteiger partial charge in [0.1, 0.15) is 18.8 Å². The van der Waals surface area contributed by atoms with Gasteiger partial charge in [-0.25, -0.2) is 4.79 Å². The van der Waals surface area contributed by atoms with E-state index in [9.17, 15) is 34.5 Å². The van der Waals surface area contributed by atoms with Crippen LogP contribution in [-0.2, 0) is 42.9 Å². The number of hydrogen-bond acceptors (Lipinski definition) is 11. The van der Waals surface area contributed by atoms with E-state index in [-0.39, 0.29) is 25.9 Å². The number of aliphatic hydroxyl groups excluding tert-OH is 2. The van der Waals surface area contributed by atoms with Crippen LogP contribution >= 0.6 is 0 Å². The molecule has 0 aromatic heterocycles. The Kier molecular flexibility index (Phi) is 54.2. The third kappa shape index (κ3) is 47.2. The molecule has 12 heteroatoms.